The fourth-order valence-electron chi connectivity index (χ4n) is 2.70. The molecule has 0 radical (unpaired) electrons. The molecule has 2 aliphatic heterocycles. The summed E-state index contributed by atoms with van der Waals surface area (Å²) in [5, 5.41) is 12.5. The van der Waals surface area contributed by atoms with Crippen molar-refractivity contribution < 1.29 is 4.79 Å². The van der Waals surface area contributed by atoms with Crippen LogP contribution in [0.2, 0.25) is 0 Å². The number of nitrogens with one attached hydrogen (secondary N) is 1. The minimum atomic E-state index is -0.244. The molecule has 3 heterocycles. The lowest BCUT2D eigenvalue weighted by atomic mass is 10.2. The smallest absolute Gasteiger partial charge is 0.241 e. The van der Waals surface area contributed by atoms with E-state index in [1.54, 1.807) is 22.9 Å². The normalized spacial score (nSPS) is 29.4. The average Bonchev–Trinajstić information content (AvgIpc) is 3.16. The molecule has 1 N–H and O–H groups in total. The van der Waals surface area contributed by atoms with Gasteiger partial charge >= 0.3 is 0 Å². The van der Waals surface area contributed by atoms with Crippen LogP contribution >= 0.6 is 11.8 Å². The van der Waals surface area contributed by atoms with Crippen molar-refractivity contribution in [3.05, 3.63) is 30.1 Å². The molecule has 0 aromatic carbocycles. The molecule has 104 valence electrons. The van der Waals surface area contributed by atoms with E-state index in [1.807, 2.05) is 18.3 Å². The molecule has 2 aliphatic rings. The van der Waals surface area contributed by atoms with Crippen LogP contribution in [-0.2, 0) is 4.79 Å². The second kappa shape index (κ2) is 5.81. The number of thioether (sulfide) groups is 1. The van der Waals surface area contributed by atoms with Crippen LogP contribution in [0.25, 0.3) is 0 Å². The van der Waals surface area contributed by atoms with Gasteiger partial charge in [0, 0.05) is 24.7 Å². The van der Waals surface area contributed by atoms with Crippen LogP contribution in [0.1, 0.15) is 23.8 Å². The van der Waals surface area contributed by atoms with Gasteiger partial charge in [0.2, 0.25) is 5.91 Å². The van der Waals surface area contributed by atoms with Gasteiger partial charge in [-0.1, -0.05) is 6.07 Å². The van der Waals surface area contributed by atoms with Gasteiger partial charge in [-0.3, -0.25) is 15.1 Å². The quantitative estimate of drug-likeness (QED) is 0.888. The third-order valence-electron chi connectivity index (χ3n) is 3.75. The molecule has 1 aromatic rings. The Morgan fingerprint density at radius 3 is 3.25 bits per heavy atom. The monoisotopic (exact) mass is 288 g/mol. The molecule has 2 saturated heterocycles. The molecule has 0 aliphatic carbocycles. The highest BCUT2D eigenvalue weighted by atomic mass is 32.2. The zero-order chi connectivity index (χ0) is 13.9. The number of carbonyl (C=O) groups excluding carboxylic acids is 1. The van der Waals surface area contributed by atoms with Gasteiger partial charge in [0.15, 0.2) is 0 Å². The van der Waals surface area contributed by atoms with E-state index in [0.717, 1.165) is 24.2 Å². The number of pyridine rings is 1. The second-order valence-corrected chi connectivity index (χ2v) is 6.18. The zero-order valence-corrected chi connectivity index (χ0v) is 11.8. The lowest BCUT2D eigenvalue weighted by molar-refractivity contribution is -0.132. The highest BCUT2D eigenvalue weighted by Crippen LogP contribution is 2.33. The minimum Gasteiger partial charge on any atom is -0.325 e. The van der Waals surface area contributed by atoms with Gasteiger partial charge in [-0.05, 0) is 24.5 Å². The standard InChI is InChI=1S/C14H16N4OS/c15-7-11-4-2-6-18(11)14(19)12-9-20-13(17-12)10-3-1-5-16-8-10/h1,3,5,8,11-13,17H,2,4,6,9H2/t11-,12-,13?/m0/s1. The number of nitrogens with zero attached hydrogens (tertiary/aromatic N) is 3. The van der Waals surface area contributed by atoms with E-state index in [-0.39, 0.29) is 23.4 Å². The molecule has 20 heavy (non-hydrogen) atoms. The number of hydrogen-bond donors (Lipinski definition) is 1. The van der Waals surface area contributed by atoms with E-state index >= 15 is 0 Å². The van der Waals surface area contributed by atoms with Crippen molar-refractivity contribution in [2.45, 2.75) is 30.3 Å². The molecular weight excluding hydrogens is 272 g/mol. The Kier molecular flexibility index (Phi) is 3.90. The maximum atomic E-state index is 12.5. The SMILES string of the molecule is N#C[C@@H]1CCCN1C(=O)[C@@H]1CSC(c2cccnc2)N1. The van der Waals surface area contributed by atoms with Crippen molar-refractivity contribution in [1.82, 2.24) is 15.2 Å². The van der Waals surface area contributed by atoms with E-state index in [2.05, 4.69) is 16.4 Å². The Balaban J connectivity index is 1.65. The van der Waals surface area contributed by atoms with Crippen molar-refractivity contribution in [2.75, 3.05) is 12.3 Å². The number of amides is 1. The highest BCUT2D eigenvalue weighted by molar-refractivity contribution is 7.99. The molecule has 1 aromatic heterocycles. The van der Waals surface area contributed by atoms with Gasteiger partial charge in [-0.2, -0.15) is 5.26 Å². The third-order valence-corrected chi connectivity index (χ3v) is 5.02. The lowest BCUT2D eigenvalue weighted by Gasteiger charge is -2.23. The Labute approximate surface area is 122 Å². The highest BCUT2D eigenvalue weighted by Gasteiger charge is 2.37. The van der Waals surface area contributed by atoms with E-state index in [9.17, 15) is 4.79 Å². The summed E-state index contributed by atoms with van der Waals surface area (Å²) in [4.78, 5) is 18.3. The first-order chi connectivity index (χ1) is 9.79. The third kappa shape index (κ3) is 2.51. The van der Waals surface area contributed by atoms with Crippen molar-refractivity contribution in [3.8, 4) is 6.07 Å². The van der Waals surface area contributed by atoms with Crippen molar-refractivity contribution >= 4 is 17.7 Å². The number of rotatable bonds is 2. The number of hydrogen-bond acceptors (Lipinski definition) is 5. The van der Waals surface area contributed by atoms with Crippen molar-refractivity contribution in [1.29, 1.82) is 5.26 Å². The second-order valence-electron chi connectivity index (χ2n) is 5.04. The number of carbonyl (C=O) groups is 1. The average molecular weight is 288 g/mol. The van der Waals surface area contributed by atoms with Crippen LogP contribution in [-0.4, -0.2) is 40.2 Å². The summed E-state index contributed by atoms with van der Waals surface area (Å²) in [6.07, 6.45) is 5.29. The fourth-order valence-corrected chi connectivity index (χ4v) is 3.92. The first kappa shape index (κ1) is 13.4. The van der Waals surface area contributed by atoms with Crippen LogP contribution in [0.4, 0.5) is 0 Å². The fraction of sp³-hybridized carbons (Fsp3) is 0.500. The molecule has 1 amide bonds. The summed E-state index contributed by atoms with van der Waals surface area (Å²) in [6.45, 7) is 0.706. The summed E-state index contributed by atoms with van der Waals surface area (Å²) in [6, 6.07) is 5.70. The van der Waals surface area contributed by atoms with Gasteiger partial charge in [-0.25, -0.2) is 0 Å². The summed E-state index contributed by atoms with van der Waals surface area (Å²) < 4.78 is 0. The Morgan fingerprint density at radius 1 is 1.60 bits per heavy atom. The molecular formula is C14H16N4OS. The molecule has 0 saturated carbocycles. The molecule has 0 spiro atoms. The molecule has 3 rings (SSSR count). The molecule has 2 fully saturated rings. The molecule has 5 nitrogen and oxygen atoms in total. The molecule has 6 heteroatoms. The maximum Gasteiger partial charge on any atom is 0.241 e. The lowest BCUT2D eigenvalue weighted by Crippen LogP contribution is -2.46. The van der Waals surface area contributed by atoms with Gasteiger partial charge in [-0.15, -0.1) is 11.8 Å². The van der Waals surface area contributed by atoms with Crippen molar-refractivity contribution in [3.63, 3.8) is 0 Å². The van der Waals surface area contributed by atoms with Crippen LogP contribution in [0, 0.1) is 11.3 Å². The van der Waals surface area contributed by atoms with Crippen LogP contribution in [0.15, 0.2) is 24.5 Å². The molecule has 3 atom stereocenters. The van der Waals surface area contributed by atoms with Gasteiger partial charge < -0.3 is 4.90 Å². The first-order valence-electron chi connectivity index (χ1n) is 6.77. The van der Waals surface area contributed by atoms with E-state index in [0.29, 0.717) is 6.54 Å². The summed E-state index contributed by atoms with van der Waals surface area (Å²) in [7, 11) is 0. The van der Waals surface area contributed by atoms with Crippen LogP contribution < -0.4 is 5.32 Å². The van der Waals surface area contributed by atoms with Crippen LogP contribution in [0.3, 0.4) is 0 Å². The number of nitriles is 1. The largest absolute Gasteiger partial charge is 0.325 e. The maximum absolute atomic E-state index is 12.5. The van der Waals surface area contributed by atoms with Gasteiger partial charge in [0.05, 0.1) is 17.5 Å². The predicted molar refractivity (Wildman–Crippen MR) is 76.7 cm³/mol. The predicted octanol–water partition coefficient (Wildman–Crippen LogP) is 1.30. The van der Waals surface area contributed by atoms with Crippen molar-refractivity contribution in [2.24, 2.45) is 0 Å². The minimum absolute atomic E-state index is 0.0629. The van der Waals surface area contributed by atoms with Gasteiger partial charge in [0.1, 0.15) is 6.04 Å². The van der Waals surface area contributed by atoms with E-state index < -0.39 is 0 Å². The number of aromatic nitrogens is 1. The summed E-state index contributed by atoms with van der Waals surface area (Å²) in [5.74, 6) is 0.806. The zero-order valence-electron chi connectivity index (χ0n) is 11.0. The van der Waals surface area contributed by atoms with Gasteiger partial charge in [0.25, 0.3) is 0 Å². The molecule has 0 bridgehead atoms. The first-order valence-corrected chi connectivity index (χ1v) is 7.82. The van der Waals surface area contributed by atoms with E-state index in [1.165, 1.54) is 0 Å². The summed E-state index contributed by atoms with van der Waals surface area (Å²) >= 11 is 1.72. The van der Waals surface area contributed by atoms with E-state index in [4.69, 9.17) is 5.26 Å². The Hall–Kier alpha value is -1.58. The summed E-state index contributed by atoms with van der Waals surface area (Å²) in [5.41, 5.74) is 1.09. The Morgan fingerprint density at radius 2 is 2.50 bits per heavy atom. The molecule has 1 unspecified atom stereocenters. The van der Waals surface area contributed by atoms with Crippen LogP contribution in [0.5, 0.6) is 0 Å². The Bertz CT molecular complexity index is 530. The number of likely N-dealkylation sites (tertiary alicyclic amines) is 1. The topological polar surface area (TPSA) is 69.0 Å².